The number of halogens is 3. The molecule has 0 saturated heterocycles. The molecule has 0 aromatic heterocycles. The topological polar surface area (TPSA) is 17.1 Å². The summed E-state index contributed by atoms with van der Waals surface area (Å²) in [6.07, 6.45) is -3.62. The number of aldehydes is 1. The number of hydrogen-bond acceptors (Lipinski definition) is 1. The van der Waals surface area contributed by atoms with Gasteiger partial charge >= 0.3 is 6.18 Å². The normalized spacial score (nSPS) is 13.7. The Morgan fingerprint density at radius 3 is 2.07 bits per heavy atom. The molecule has 0 aliphatic carbocycles. The minimum atomic E-state index is -4.32. The third-order valence-electron chi connectivity index (χ3n) is 1.97. The number of carbonyl (C=O) groups excluding carboxylic acids is 1. The molecule has 1 aromatic rings. The van der Waals surface area contributed by atoms with E-state index in [1.807, 2.05) is 0 Å². The Morgan fingerprint density at radius 1 is 1.21 bits per heavy atom. The second-order valence-corrected chi connectivity index (χ2v) is 3.04. The van der Waals surface area contributed by atoms with Gasteiger partial charge in [-0.25, -0.2) is 0 Å². The highest BCUT2D eigenvalue weighted by Gasteiger charge is 2.30. The standard InChI is InChI=1S/C10H9F3O/c1-7(6-14)8-2-4-9(5-3-8)10(11,12)13/h2-7H,1H3/t7-/m0/s1. The molecular formula is C10H9F3O. The molecule has 76 valence electrons. The maximum atomic E-state index is 12.1. The molecule has 0 unspecified atom stereocenters. The lowest BCUT2D eigenvalue weighted by Gasteiger charge is -2.08. The molecule has 1 aromatic carbocycles. The van der Waals surface area contributed by atoms with Crippen molar-refractivity contribution in [3.63, 3.8) is 0 Å². The van der Waals surface area contributed by atoms with Crippen LogP contribution < -0.4 is 0 Å². The zero-order valence-electron chi connectivity index (χ0n) is 7.51. The Kier molecular flexibility index (Phi) is 2.93. The fraction of sp³-hybridized carbons (Fsp3) is 0.300. The van der Waals surface area contributed by atoms with Gasteiger partial charge in [-0.3, -0.25) is 0 Å². The molecule has 4 heteroatoms. The highest BCUT2D eigenvalue weighted by atomic mass is 19.4. The van der Waals surface area contributed by atoms with Gasteiger partial charge in [0, 0.05) is 5.92 Å². The van der Waals surface area contributed by atoms with Crippen LogP contribution in [-0.4, -0.2) is 6.29 Å². The summed E-state index contributed by atoms with van der Waals surface area (Å²) in [4.78, 5) is 10.4. The van der Waals surface area contributed by atoms with Crippen molar-refractivity contribution in [2.24, 2.45) is 0 Å². The number of carbonyl (C=O) groups is 1. The number of rotatable bonds is 2. The quantitative estimate of drug-likeness (QED) is 0.674. The van der Waals surface area contributed by atoms with Gasteiger partial charge < -0.3 is 4.79 Å². The van der Waals surface area contributed by atoms with E-state index >= 15 is 0 Å². The van der Waals surface area contributed by atoms with E-state index in [-0.39, 0.29) is 5.92 Å². The van der Waals surface area contributed by atoms with E-state index in [1.54, 1.807) is 6.92 Å². The molecule has 0 amide bonds. The molecule has 0 heterocycles. The van der Waals surface area contributed by atoms with Crippen LogP contribution in [0.1, 0.15) is 24.0 Å². The minimum absolute atomic E-state index is 0.364. The third kappa shape index (κ3) is 2.34. The Balaban J connectivity index is 2.95. The van der Waals surface area contributed by atoms with Crippen LogP contribution in [0.2, 0.25) is 0 Å². The molecule has 0 spiro atoms. The molecule has 0 aliphatic rings. The lowest BCUT2D eigenvalue weighted by atomic mass is 10.0. The fourth-order valence-electron chi connectivity index (χ4n) is 1.05. The summed E-state index contributed by atoms with van der Waals surface area (Å²) in [5, 5.41) is 0. The molecule has 1 nitrogen and oxygen atoms in total. The van der Waals surface area contributed by atoms with Gasteiger partial charge in [-0.15, -0.1) is 0 Å². The average Bonchev–Trinajstić information content (AvgIpc) is 2.15. The average molecular weight is 202 g/mol. The van der Waals surface area contributed by atoms with Crippen molar-refractivity contribution in [1.29, 1.82) is 0 Å². The summed E-state index contributed by atoms with van der Waals surface area (Å²) in [6, 6.07) is 4.61. The number of benzene rings is 1. The van der Waals surface area contributed by atoms with E-state index in [9.17, 15) is 18.0 Å². The van der Waals surface area contributed by atoms with Crippen molar-refractivity contribution in [2.75, 3.05) is 0 Å². The minimum Gasteiger partial charge on any atom is -0.303 e. The van der Waals surface area contributed by atoms with Gasteiger partial charge in [0.25, 0.3) is 0 Å². The maximum absolute atomic E-state index is 12.1. The van der Waals surface area contributed by atoms with Gasteiger partial charge in [0.15, 0.2) is 0 Å². The summed E-state index contributed by atoms with van der Waals surface area (Å²) < 4.78 is 36.4. The second kappa shape index (κ2) is 3.82. The van der Waals surface area contributed by atoms with Crippen LogP contribution in [-0.2, 0) is 11.0 Å². The second-order valence-electron chi connectivity index (χ2n) is 3.04. The predicted octanol–water partition coefficient (Wildman–Crippen LogP) is 3.01. The summed E-state index contributed by atoms with van der Waals surface area (Å²) >= 11 is 0. The third-order valence-corrected chi connectivity index (χ3v) is 1.97. The molecule has 0 bridgehead atoms. The highest BCUT2D eigenvalue weighted by Crippen LogP contribution is 2.29. The van der Waals surface area contributed by atoms with E-state index in [2.05, 4.69) is 0 Å². The molecule has 1 atom stereocenters. The summed E-state index contributed by atoms with van der Waals surface area (Å²) in [6.45, 7) is 1.63. The maximum Gasteiger partial charge on any atom is 0.416 e. The van der Waals surface area contributed by atoms with Crippen LogP contribution in [0.25, 0.3) is 0 Å². The van der Waals surface area contributed by atoms with Crippen LogP contribution >= 0.6 is 0 Å². The molecule has 0 fully saturated rings. The summed E-state index contributed by atoms with van der Waals surface area (Å²) in [5.74, 6) is -0.364. The first kappa shape index (κ1) is 10.8. The van der Waals surface area contributed by atoms with Crippen LogP contribution in [0.3, 0.4) is 0 Å². The van der Waals surface area contributed by atoms with Gasteiger partial charge in [0.05, 0.1) is 5.56 Å². The van der Waals surface area contributed by atoms with Crippen molar-refractivity contribution >= 4 is 6.29 Å². The fourth-order valence-corrected chi connectivity index (χ4v) is 1.05. The van der Waals surface area contributed by atoms with Crippen LogP contribution in [0.5, 0.6) is 0 Å². The molecule has 1 rings (SSSR count). The van der Waals surface area contributed by atoms with Gasteiger partial charge in [0.2, 0.25) is 0 Å². The molecule has 0 N–H and O–H groups in total. The van der Waals surface area contributed by atoms with E-state index in [4.69, 9.17) is 0 Å². The van der Waals surface area contributed by atoms with Gasteiger partial charge in [-0.1, -0.05) is 19.1 Å². The van der Waals surface area contributed by atoms with Gasteiger partial charge in [-0.05, 0) is 17.7 Å². The lowest BCUT2D eigenvalue weighted by Crippen LogP contribution is -2.05. The first-order valence-electron chi connectivity index (χ1n) is 4.07. The van der Waals surface area contributed by atoms with Crippen LogP contribution in [0.4, 0.5) is 13.2 Å². The molecular weight excluding hydrogens is 193 g/mol. The van der Waals surface area contributed by atoms with Crippen LogP contribution in [0.15, 0.2) is 24.3 Å². The zero-order valence-corrected chi connectivity index (χ0v) is 7.51. The highest BCUT2D eigenvalue weighted by molar-refractivity contribution is 5.61. The molecule has 14 heavy (non-hydrogen) atoms. The van der Waals surface area contributed by atoms with Crippen molar-refractivity contribution in [3.8, 4) is 0 Å². The Morgan fingerprint density at radius 2 is 1.71 bits per heavy atom. The summed E-state index contributed by atoms with van der Waals surface area (Å²) in [7, 11) is 0. The van der Waals surface area contributed by atoms with E-state index < -0.39 is 11.7 Å². The predicted molar refractivity (Wildman–Crippen MR) is 45.9 cm³/mol. The summed E-state index contributed by atoms with van der Waals surface area (Å²) in [5.41, 5.74) is -0.104. The lowest BCUT2D eigenvalue weighted by molar-refractivity contribution is -0.137. The first-order chi connectivity index (χ1) is 6.45. The van der Waals surface area contributed by atoms with Crippen molar-refractivity contribution in [3.05, 3.63) is 35.4 Å². The first-order valence-corrected chi connectivity index (χ1v) is 4.07. The molecule has 0 saturated carbocycles. The van der Waals surface area contributed by atoms with Crippen molar-refractivity contribution in [2.45, 2.75) is 19.0 Å². The Labute approximate surface area is 79.5 Å². The zero-order chi connectivity index (χ0) is 10.8. The molecule has 0 aliphatic heterocycles. The van der Waals surface area contributed by atoms with E-state index in [0.717, 1.165) is 12.1 Å². The van der Waals surface area contributed by atoms with E-state index in [1.165, 1.54) is 12.1 Å². The monoisotopic (exact) mass is 202 g/mol. The number of alkyl halides is 3. The van der Waals surface area contributed by atoms with Gasteiger partial charge in [0.1, 0.15) is 6.29 Å². The van der Waals surface area contributed by atoms with Crippen LogP contribution in [0, 0.1) is 0 Å². The largest absolute Gasteiger partial charge is 0.416 e. The number of hydrogen-bond donors (Lipinski definition) is 0. The van der Waals surface area contributed by atoms with Crippen molar-refractivity contribution < 1.29 is 18.0 Å². The Bertz CT molecular complexity index is 313. The van der Waals surface area contributed by atoms with Gasteiger partial charge in [-0.2, -0.15) is 13.2 Å². The van der Waals surface area contributed by atoms with E-state index in [0.29, 0.717) is 11.8 Å². The smallest absolute Gasteiger partial charge is 0.303 e. The Hall–Kier alpha value is -1.32. The molecule has 0 radical (unpaired) electrons. The SMILES string of the molecule is C[C@@H](C=O)c1ccc(C(F)(F)F)cc1. The van der Waals surface area contributed by atoms with Crippen molar-refractivity contribution in [1.82, 2.24) is 0 Å².